The predicted octanol–water partition coefficient (Wildman–Crippen LogP) is 2.64. The van der Waals surface area contributed by atoms with E-state index in [0.29, 0.717) is 18.8 Å². The lowest BCUT2D eigenvalue weighted by Gasteiger charge is -2.27. The summed E-state index contributed by atoms with van der Waals surface area (Å²) in [5, 5.41) is 0. The van der Waals surface area contributed by atoms with Crippen LogP contribution in [0.3, 0.4) is 0 Å². The monoisotopic (exact) mass is 379 g/mol. The van der Waals surface area contributed by atoms with Crippen molar-refractivity contribution in [1.82, 2.24) is 19.4 Å². The van der Waals surface area contributed by atoms with Crippen molar-refractivity contribution < 1.29 is 9.53 Å². The molecule has 28 heavy (non-hydrogen) atoms. The maximum absolute atomic E-state index is 13.0. The number of pyridine rings is 1. The maximum Gasteiger partial charge on any atom is 0.254 e. The summed E-state index contributed by atoms with van der Waals surface area (Å²) in [6.07, 6.45) is 1.75. The molecule has 0 aliphatic carbocycles. The van der Waals surface area contributed by atoms with Crippen molar-refractivity contribution in [3.8, 4) is 0 Å². The van der Waals surface area contributed by atoms with Crippen LogP contribution in [0.2, 0.25) is 0 Å². The number of morpholine rings is 1. The highest BCUT2D eigenvalue weighted by molar-refractivity contribution is 5.97. The van der Waals surface area contributed by atoms with Gasteiger partial charge in [-0.05, 0) is 37.3 Å². The Morgan fingerprint density at radius 2 is 2.00 bits per heavy atom. The number of amides is 1. The summed E-state index contributed by atoms with van der Waals surface area (Å²) < 4.78 is 7.52. The van der Waals surface area contributed by atoms with Crippen molar-refractivity contribution in [2.24, 2.45) is 7.05 Å². The summed E-state index contributed by atoms with van der Waals surface area (Å²) in [4.78, 5) is 26.1. The lowest BCUT2D eigenvalue weighted by Crippen LogP contribution is -2.37. The molecular weight excluding hydrogens is 354 g/mol. The zero-order valence-corrected chi connectivity index (χ0v) is 16.5. The fourth-order valence-electron chi connectivity index (χ4n) is 3.57. The van der Waals surface area contributed by atoms with Crippen LogP contribution in [0, 0.1) is 0 Å². The molecule has 0 N–H and O–H groups in total. The number of rotatable bonds is 4. The number of ether oxygens (including phenoxy) is 1. The van der Waals surface area contributed by atoms with E-state index >= 15 is 0 Å². The van der Waals surface area contributed by atoms with Crippen LogP contribution in [0.5, 0.6) is 0 Å². The van der Waals surface area contributed by atoms with Gasteiger partial charge in [-0.25, -0.2) is 4.98 Å². The number of fused-ring (bicyclic) bond motifs is 1. The van der Waals surface area contributed by atoms with Crippen LogP contribution in [-0.4, -0.2) is 58.7 Å². The second-order valence-electron chi connectivity index (χ2n) is 7.12. The Morgan fingerprint density at radius 3 is 2.71 bits per heavy atom. The molecule has 146 valence electrons. The Morgan fingerprint density at radius 1 is 1.21 bits per heavy atom. The van der Waals surface area contributed by atoms with Gasteiger partial charge in [-0.2, -0.15) is 0 Å². The van der Waals surface area contributed by atoms with E-state index in [9.17, 15) is 4.79 Å². The molecule has 7 nitrogen and oxygen atoms in total. The minimum Gasteiger partial charge on any atom is -0.378 e. The van der Waals surface area contributed by atoms with Gasteiger partial charge < -0.3 is 19.1 Å². The molecule has 0 spiro atoms. The third kappa shape index (κ3) is 3.33. The second kappa shape index (κ2) is 7.59. The van der Waals surface area contributed by atoms with E-state index in [-0.39, 0.29) is 11.9 Å². The number of nitrogens with zero attached hydrogens (tertiary/aromatic N) is 5. The van der Waals surface area contributed by atoms with Gasteiger partial charge in [0.1, 0.15) is 0 Å². The molecule has 0 saturated carbocycles. The van der Waals surface area contributed by atoms with Gasteiger partial charge in [0.2, 0.25) is 5.95 Å². The number of imidazole rings is 1. The molecule has 1 saturated heterocycles. The Labute approximate surface area is 164 Å². The van der Waals surface area contributed by atoms with Crippen LogP contribution in [0.25, 0.3) is 11.0 Å². The largest absolute Gasteiger partial charge is 0.378 e. The first-order chi connectivity index (χ1) is 13.6. The number of aromatic nitrogens is 3. The molecule has 1 aliphatic heterocycles. The van der Waals surface area contributed by atoms with Crippen LogP contribution in [-0.2, 0) is 11.8 Å². The van der Waals surface area contributed by atoms with Gasteiger partial charge in [0.25, 0.3) is 5.91 Å². The number of anilines is 1. The van der Waals surface area contributed by atoms with E-state index in [2.05, 4.69) is 14.5 Å². The topological polar surface area (TPSA) is 63.5 Å². The standard InChI is InChI=1S/C21H25N5O2/c1-15(17-6-4-5-9-22-17)24(2)20(27)16-7-8-19-18(14-16)23-21(25(19)3)26-10-12-28-13-11-26/h4-9,14-15H,10-13H2,1-3H3/t15-/m1/s1. The molecule has 4 rings (SSSR count). The first kappa shape index (κ1) is 18.4. The summed E-state index contributed by atoms with van der Waals surface area (Å²) in [5.41, 5.74) is 3.34. The Hall–Kier alpha value is -2.93. The number of benzene rings is 1. The molecule has 1 aliphatic rings. The van der Waals surface area contributed by atoms with Gasteiger partial charge in [-0.1, -0.05) is 6.07 Å². The average molecular weight is 379 g/mol. The van der Waals surface area contributed by atoms with Gasteiger partial charge in [-0.3, -0.25) is 9.78 Å². The maximum atomic E-state index is 13.0. The number of carbonyl (C=O) groups is 1. The van der Waals surface area contributed by atoms with Crippen LogP contribution >= 0.6 is 0 Å². The number of hydrogen-bond donors (Lipinski definition) is 0. The summed E-state index contributed by atoms with van der Waals surface area (Å²) in [6.45, 7) is 5.06. The summed E-state index contributed by atoms with van der Waals surface area (Å²) in [5.74, 6) is 0.872. The first-order valence-electron chi connectivity index (χ1n) is 9.53. The van der Waals surface area contributed by atoms with Crippen molar-refractivity contribution >= 4 is 22.9 Å². The molecule has 1 fully saturated rings. The van der Waals surface area contributed by atoms with Crippen molar-refractivity contribution in [1.29, 1.82) is 0 Å². The number of aryl methyl sites for hydroxylation is 1. The zero-order chi connectivity index (χ0) is 19.7. The lowest BCUT2D eigenvalue weighted by molar-refractivity contribution is 0.0740. The van der Waals surface area contributed by atoms with Gasteiger partial charge in [0.15, 0.2) is 0 Å². The van der Waals surface area contributed by atoms with Crippen molar-refractivity contribution in [2.75, 3.05) is 38.3 Å². The minimum atomic E-state index is -0.114. The zero-order valence-electron chi connectivity index (χ0n) is 16.5. The Balaban J connectivity index is 1.61. The van der Waals surface area contributed by atoms with E-state index in [1.54, 1.807) is 11.1 Å². The molecule has 1 atom stereocenters. The van der Waals surface area contributed by atoms with E-state index in [0.717, 1.165) is 35.8 Å². The summed E-state index contributed by atoms with van der Waals surface area (Å²) in [7, 11) is 3.82. The molecule has 1 aromatic carbocycles. The van der Waals surface area contributed by atoms with Crippen LogP contribution in [0.15, 0.2) is 42.6 Å². The molecule has 3 heterocycles. The fraction of sp³-hybridized carbons (Fsp3) is 0.381. The Kier molecular flexibility index (Phi) is 5.00. The highest BCUT2D eigenvalue weighted by atomic mass is 16.5. The molecule has 0 unspecified atom stereocenters. The molecule has 1 amide bonds. The molecular formula is C21H25N5O2. The SMILES string of the molecule is C[C@H](c1ccccn1)N(C)C(=O)c1ccc2c(c1)nc(N1CCOCC1)n2C. The quantitative estimate of drug-likeness (QED) is 0.697. The van der Waals surface area contributed by atoms with Gasteiger partial charge in [-0.15, -0.1) is 0 Å². The number of carbonyl (C=O) groups excluding carboxylic acids is 1. The highest BCUT2D eigenvalue weighted by Gasteiger charge is 2.22. The second-order valence-corrected chi connectivity index (χ2v) is 7.12. The van der Waals surface area contributed by atoms with Gasteiger partial charge in [0.05, 0.1) is 36.0 Å². The van der Waals surface area contributed by atoms with Crippen LogP contribution in [0.4, 0.5) is 5.95 Å². The van der Waals surface area contributed by atoms with Gasteiger partial charge >= 0.3 is 0 Å². The van der Waals surface area contributed by atoms with E-state index in [1.165, 1.54) is 0 Å². The first-order valence-corrected chi connectivity index (χ1v) is 9.53. The van der Waals surface area contributed by atoms with Crippen molar-refractivity contribution in [3.63, 3.8) is 0 Å². The minimum absolute atomic E-state index is 0.0429. The molecule has 2 aromatic heterocycles. The van der Waals surface area contributed by atoms with Crippen LogP contribution in [0.1, 0.15) is 29.0 Å². The fourth-order valence-corrected chi connectivity index (χ4v) is 3.57. The predicted molar refractivity (Wildman–Crippen MR) is 108 cm³/mol. The average Bonchev–Trinajstić information content (AvgIpc) is 3.09. The Bertz CT molecular complexity index is 979. The van der Waals surface area contributed by atoms with Crippen molar-refractivity contribution in [2.45, 2.75) is 13.0 Å². The van der Waals surface area contributed by atoms with E-state index < -0.39 is 0 Å². The van der Waals surface area contributed by atoms with Gasteiger partial charge in [0, 0.05) is 38.9 Å². The summed E-state index contributed by atoms with van der Waals surface area (Å²) >= 11 is 0. The smallest absolute Gasteiger partial charge is 0.254 e. The molecule has 0 bridgehead atoms. The molecule has 0 radical (unpaired) electrons. The third-order valence-corrected chi connectivity index (χ3v) is 5.42. The van der Waals surface area contributed by atoms with E-state index in [1.807, 2.05) is 57.4 Å². The third-order valence-electron chi connectivity index (χ3n) is 5.42. The molecule has 7 heteroatoms. The number of hydrogen-bond acceptors (Lipinski definition) is 5. The van der Waals surface area contributed by atoms with E-state index in [4.69, 9.17) is 9.72 Å². The molecule has 3 aromatic rings. The van der Waals surface area contributed by atoms with Crippen molar-refractivity contribution in [3.05, 3.63) is 53.9 Å². The lowest BCUT2D eigenvalue weighted by atomic mass is 10.1. The highest BCUT2D eigenvalue weighted by Crippen LogP contribution is 2.25. The normalized spacial score (nSPS) is 15.6. The summed E-state index contributed by atoms with van der Waals surface area (Å²) in [6, 6.07) is 11.4. The van der Waals surface area contributed by atoms with Crippen LogP contribution < -0.4 is 4.90 Å².